The second kappa shape index (κ2) is 7.79. The zero-order valence-corrected chi connectivity index (χ0v) is 19.4. The summed E-state index contributed by atoms with van der Waals surface area (Å²) >= 11 is 0. The van der Waals surface area contributed by atoms with Crippen molar-refractivity contribution in [3.05, 3.63) is 47.0 Å². The van der Waals surface area contributed by atoms with E-state index < -0.39 is 0 Å². The molecule has 5 aromatic rings. The number of aromatic nitrogens is 9. The van der Waals surface area contributed by atoms with Gasteiger partial charge in [0.1, 0.15) is 12.2 Å². The number of H-pyrrole nitrogens is 1. The van der Waals surface area contributed by atoms with Crippen LogP contribution in [0.25, 0.3) is 33.7 Å². The minimum Gasteiger partial charge on any atom is -0.355 e. The molecule has 0 radical (unpaired) electrons. The van der Waals surface area contributed by atoms with Gasteiger partial charge < -0.3 is 9.47 Å². The van der Waals surface area contributed by atoms with Crippen LogP contribution in [0.1, 0.15) is 31.5 Å². The number of aromatic amines is 1. The third kappa shape index (κ3) is 3.03. The lowest BCUT2D eigenvalue weighted by Crippen LogP contribution is -2.37. The van der Waals surface area contributed by atoms with Gasteiger partial charge in [-0.25, -0.2) is 24.7 Å². The van der Waals surface area contributed by atoms with E-state index in [4.69, 9.17) is 4.98 Å². The predicted molar refractivity (Wildman–Crippen MR) is 129 cm³/mol. The summed E-state index contributed by atoms with van der Waals surface area (Å²) < 4.78 is 5.83. The Hall–Kier alpha value is -4.02. The molecule has 0 amide bonds. The van der Waals surface area contributed by atoms with Crippen LogP contribution in [0, 0.1) is 6.92 Å². The van der Waals surface area contributed by atoms with Gasteiger partial charge in [-0.2, -0.15) is 5.10 Å². The van der Waals surface area contributed by atoms with Crippen LogP contribution in [0.5, 0.6) is 0 Å². The molecule has 1 aliphatic heterocycles. The van der Waals surface area contributed by atoms with Crippen LogP contribution in [0.15, 0.2) is 35.6 Å². The minimum atomic E-state index is -0.103. The van der Waals surface area contributed by atoms with E-state index in [9.17, 15) is 4.79 Å². The van der Waals surface area contributed by atoms with Crippen LogP contribution in [-0.2, 0) is 13.6 Å². The largest absolute Gasteiger partial charge is 0.355 e. The Bertz CT molecular complexity index is 1560. The molecule has 11 nitrogen and oxygen atoms in total. The van der Waals surface area contributed by atoms with Gasteiger partial charge in [-0.05, 0) is 38.8 Å². The van der Waals surface area contributed by atoms with Gasteiger partial charge >= 0.3 is 5.69 Å². The Morgan fingerprint density at radius 1 is 1.18 bits per heavy atom. The molecular weight excluding hydrogens is 432 g/mol. The Labute approximate surface area is 195 Å². The van der Waals surface area contributed by atoms with Gasteiger partial charge in [0.2, 0.25) is 0 Å². The molecule has 1 saturated heterocycles. The van der Waals surface area contributed by atoms with Crippen LogP contribution in [0.2, 0.25) is 0 Å². The molecule has 0 aromatic carbocycles. The van der Waals surface area contributed by atoms with Gasteiger partial charge in [0.15, 0.2) is 22.6 Å². The smallest absolute Gasteiger partial charge is 0.327 e. The molecule has 0 atom stereocenters. The number of rotatable bonds is 4. The number of hydrogen-bond donors (Lipinski definition) is 1. The van der Waals surface area contributed by atoms with Crippen LogP contribution in [0.3, 0.4) is 0 Å². The number of hydrogen-bond acceptors (Lipinski definition) is 7. The highest BCUT2D eigenvalue weighted by molar-refractivity contribution is 5.87. The van der Waals surface area contributed by atoms with E-state index in [2.05, 4.69) is 43.8 Å². The number of nitrogens with zero attached hydrogens (tertiary/aromatic N) is 9. The van der Waals surface area contributed by atoms with Gasteiger partial charge in [0, 0.05) is 44.6 Å². The van der Waals surface area contributed by atoms with Crippen LogP contribution < -0.4 is 10.6 Å². The number of anilines is 1. The number of pyridine rings is 1. The van der Waals surface area contributed by atoms with E-state index in [1.165, 1.54) is 0 Å². The number of fused-ring (bicyclic) bond motifs is 2. The van der Waals surface area contributed by atoms with Crippen molar-refractivity contribution in [2.45, 2.75) is 39.3 Å². The molecule has 0 unspecified atom stereocenters. The fourth-order valence-corrected chi connectivity index (χ4v) is 5.10. The SMILES string of the molecule is CCn1ncc(-c2nc3c(N4CCC(n5c(=O)[nH]c6ncccc65)CC4)ncnc3n2C)c1C. The van der Waals surface area contributed by atoms with E-state index in [1.807, 2.05) is 39.2 Å². The highest BCUT2D eigenvalue weighted by atomic mass is 16.1. The molecule has 6 heterocycles. The highest BCUT2D eigenvalue weighted by Crippen LogP contribution is 2.32. The normalized spacial score (nSPS) is 15.1. The third-order valence-corrected chi connectivity index (χ3v) is 6.90. The van der Waals surface area contributed by atoms with E-state index in [-0.39, 0.29) is 11.7 Å². The zero-order chi connectivity index (χ0) is 23.4. The molecule has 11 heteroatoms. The van der Waals surface area contributed by atoms with E-state index in [0.717, 1.165) is 72.1 Å². The Kier molecular flexibility index (Phi) is 4.71. The van der Waals surface area contributed by atoms with Crippen LogP contribution in [0.4, 0.5) is 5.82 Å². The van der Waals surface area contributed by atoms with Crippen molar-refractivity contribution in [3.63, 3.8) is 0 Å². The van der Waals surface area contributed by atoms with Crippen molar-refractivity contribution in [2.24, 2.45) is 7.05 Å². The summed E-state index contributed by atoms with van der Waals surface area (Å²) in [5.41, 5.74) is 5.05. The van der Waals surface area contributed by atoms with Crippen LogP contribution >= 0.6 is 0 Å². The van der Waals surface area contributed by atoms with Crippen molar-refractivity contribution < 1.29 is 0 Å². The molecule has 1 aliphatic rings. The van der Waals surface area contributed by atoms with Crippen molar-refractivity contribution in [2.75, 3.05) is 18.0 Å². The van der Waals surface area contributed by atoms with Crippen molar-refractivity contribution in [3.8, 4) is 11.4 Å². The van der Waals surface area contributed by atoms with E-state index in [1.54, 1.807) is 12.5 Å². The fraction of sp³-hybridized carbons (Fsp3) is 0.391. The molecule has 1 N–H and O–H groups in total. The lowest BCUT2D eigenvalue weighted by atomic mass is 10.0. The van der Waals surface area contributed by atoms with E-state index >= 15 is 0 Å². The molecule has 0 bridgehead atoms. The summed E-state index contributed by atoms with van der Waals surface area (Å²) in [6.45, 7) is 6.49. The molecule has 1 fully saturated rings. The summed E-state index contributed by atoms with van der Waals surface area (Å²) in [5, 5.41) is 4.48. The van der Waals surface area contributed by atoms with Crippen LogP contribution in [-0.4, -0.2) is 56.9 Å². The topological polar surface area (TPSA) is 115 Å². The van der Waals surface area contributed by atoms with Crippen molar-refractivity contribution in [1.82, 2.24) is 43.8 Å². The molecular formula is C23H26N10O. The molecule has 5 aromatic heterocycles. The third-order valence-electron chi connectivity index (χ3n) is 6.90. The first-order valence-corrected chi connectivity index (χ1v) is 11.6. The number of imidazole rings is 2. The first-order chi connectivity index (χ1) is 16.6. The number of aryl methyl sites for hydroxylation is 2. The highest BCUT2D eigenvalue weighted by Gasteiger charge is 2.27. The maximum absolute atomic E-state index is 12.6. The molecule has 0 saturated carbocycles. The Morgan fingerprint density at radius 3 is 2.76 bits per heavy atom. The average molecular weight is 459 g/mol. The Morgan fingerprint density at radius 2 is 2.00 bits per heavy atom. The van der Waals surface area contributed by atoms with Gasteiger partial charge in [0.25, 0.3) is 0 Å². The molecule has 174 valence electrons. The summed E-state index contributed by atoms with van der Waals surface area (Å²) in [6, 6.07) is 3.92. The van der Waals surface area contributed by atoms with Gasteiger partial charge in [0.05, 0.1) is 17.3 Å². The summed E-state index contributed by atoms with van der Waals surface area (Å²) in [4.78, 5) is 36.1. The second-order valence-electron chi connectivity index (χ2n) is 8.71. The molecule has 0 aliphatic carbocycles. The number of piperidine rings is 1. The zero-order valence-electron chi connectivity index (χ0n) is 19.4. The lowest BCUT2D eigenvalue weighted by molar-refractivity contribution is 0.395. The van der Waals surface area contributed by atoms with Crippen molar-refractivity contribution in [1.29, 1.82) is 0 Å². The Balaban J connectivity index is 1.32. The molecule has 6 rings (SSSR count). The van der Waals surface area contributed by atoms with Gasteiger partial charge in [-0.3, -0.25) is 14.2 Å². The predicted octanol–water partition coefficient (Wildman–Crippen LogP) is 2.43. The lowest BCUT2D eigenvalue weighted by Gasteiger charge is -2.33. The molecule has 34 heavy (non-hydrogen) atoms. The second-order valence-corrected chi connectivity index (χ2v) is 8.71. The molecule has 0 spiro atoms. The van der Waals surface area contributed by atoms with Gasteiger partial charge in [-0.1, -0.05) is 0 Å². The fourth-order valence-electron chi connectivity index (χ4n) is 5.10. The average Bonchev–Trinajstić information content (AvgIpc) is 3.51. The summed E-state index contributed by atoms with van der Waals surface area (Å²) in [5.74, 6) is 1.67. The maximum atomic E-state index is 12.6. The maximum Gasteiger partial charge on any atom is 0.327 e. The minimum absolute atomic E-state index is 0.103. The summed E-state index contributed by atoms with van der Waals surface area (Å²) in [7, 11) is 1.98. The first kappa shape index (κ1) is 20.6. The standard InChI is InChI=1S/C23H26N10O/c1-4-32-14(2)16(12-27-32)20-28-18-21(30(20)3)25-13-26-22(18)31-10-7-15(8-11-31)33-17-6-5-9-24-19(17)29-23(33)34/h5-6,9,12-13,15H,4,7-8,10-11H2,1-3H3,(H,24,29,34). The van der Waals surface area contributed by atoms with E-state index in [0.29, 0.717) is 5.65 Å². The van der Waals surface area contributed by atoms with Crippen molar-refractivity contribution >= 4 is 28.1 Å². The quantitative estimate of drug-likeness (QED) is 0.440. The number of nitrogens with one attached hydrogen (secondary N) is 1. The summed E-state index contributed by atoms with van der Waals surface area (Å²) in [6.07, 6.45) is 6.83. The monoisotopic (exact) mass is 458 g/mol. The first-order valence-electron chi connectivity index (χ1n) is 11.6. The van der Waals surface area contributed by atoms with Gasteiger partial charge in [-0.15, -0.1) is 0 Å².